The minimum Gasteiger partial charge on any atom is -0.359 e. The van der Waals surface area contributed by atoms with Gasteiger partial charge in [-0.2, -0.15) is 0 Å². The van der Waals surface area contributed by atoms with E-state index in [-0.39, 0.29) is 5.91 Å². The molecule has 28 heavy (non-hydrogen) atoms. The highest BCUT2D eigenvalue weighted by molar-refractivity contribution is 7.18. The first kappa shape index (κ1) is 17.7. The van der Waals surface area contributed by atoms with Crippen LogP contribution in [0.15, 0.2) is 48.5 Å². The monoisotopic (exact) mass is 391 g/mol. The quantitative estimate of drug-likeness (QED) is 0.662. The highest BCUT2D eigenvalue weighted by Gasteiger charge is 2.31. The zero-order valence-electron chi connectivity index (χ0n) is 16.2. The Morgan fingerprint density at radius 2 is 2.00 bits per heavy atom. The highest BCUT2D eigenvalue weighted by Crippen LogP contribution is 2.34. The van der Waals surface area contributed by atoms with Gasteiger partial charge in [0.25, 0.3) is 0 Å². The second-order valence-electron chi connectivity index (χ2n) is 8.01. The van der Waals surface area contributed by atoms with Crippen LogP contribution in [0.4, 0.5) is 5.69 Å². The molecule has 0 saturated carbocycles. The second-order valence-corrected chi connectivity index (χ2v) is 9.07. The van der Waals surface area contributed by atoms with Gasteiger partial charge in [0.2, 0.25) is 5.91 Å². The summed E-state index contributed by atoms with van der Waals surface area (Å²) < 4.78 is 1.24. The lowest BCUT2D eigenvalue weighted by molar-refractivity contribution is -0.131. The van der Waals surface area contributed by atoms with Crippen LogP contribution in [0.3, 0.4) is 0 Å². The molecule has 3 aromatic rings. The number of piperidine rings is 1. The van der Waals surface area contributed by atoms with Crippen molar-refractivity contribution in [3.8, 4) is 0 Å². The number of aromatic nitrogens is 1. The van der Waals surface area contributed by atoms with Gasteiger partial charge in [0.05, 0.1) is 21.8 Å². The Kier molecular flexibility index (Phi) is 4.55. The van der Waals surface area contributed by atoms with Crippen LogP contribution in [0.5, 0.6) is 0 Å². The predicted molar refractivity (Wildman–Crippen MR) is 115 cm³/mol. The molecule has 2 aromatic carbocycles. The summed E-state index contributed by atoms with van der Waals surface area (Å²) >= 11 is 1.78. The summed E-state index contributed by atoms with van der Waals surface area (Å²) in [6, 6.07) is 17.2. The Hall–Kier alpha value is -2.40. The number of thiazole rings is 1. The van der Waals surface area contributed by atoms with Gasteiger partial charge in [0.1, 0.15) is 0 Å². The van der Waals surface area contributed by atoms with Gasteiger partial charge >= 0.3 is 0 Å². The van der Waals surface area contributed by atoms with Crippen molar-refractivity contribution in [1.29, 1.82) is 0 Å². The first-order chi connectivity index (χ1) is 13.7. The highest BCUT2D eigenvalue weighted by atomic mass is 32.1. The topological polar surface area (TPSA) is 36.4 Å². The van der Waals surface area contributed by atoms with Crippen molar-refractivity contribution in [3.05, 3.63) is 59.1 Å². The van der Waals surface area contributed by atoms with E-state index in [1.165, 1.54) is 21.0 Å². The van der Waals surface area contributed by atoms with Crippen LogP contribution in [0.1, 0.15) is 36.3 Å². The molecule has 0 unspecified atom stereocenters. The average Bonchev–Trinajstić information content (AvgIpc) is 3.29. The van der Waals surface area contributed by atoms with E-state index in [9.17, 15) is 4.79 Å². The lowest BCUT2D eigenvalue weighted by Gasteiger charge is -2.34. The lowest BCUT2D eigenvalue weighted by atomic mass is 9.98. The number of nitrogens with zero attached hydrogens (tertiary/aromatic N) is 3. The van der Waals surface area contributed by atoms with Gasteiger partial charge in [-0.25, -0.2) is 4.98 Å². The molecule has 2 aliphatic heterocycles. The largest absolute Gasteiger partial charge is 0.359 e. The molecule has 4 nitrogen and oxygen atoms in total. The van der Waals surface area contributed by atoms with Crippen molar-refractivity contribution in [2.75, 3.05) is 24.5 Å². The van der Waals surface area contributed by atoms with Gasteiger partial charge in [0, 0.05) is 30.7 Å². The second kappa shape index (κ2) is 7.21. The molecule has 0 spiro atoms. The maximum Gasteiger partial charge on any atom is 0.242 e. The number of hydrogen-bond donors (Lipinski definition) is 0. The molecule has 2 atom stereocenters. The van der Waals surface area contributed by atoms with Gasteiger partial charge in [-0.1, -0.05) is 30.3 Å². The third-order valence-electron chi connectivity index (χ3n) is 6.09. The molecule has 5 heteroatoms. The minimum atomic E-state index is 0.245. The Bertz CT molecular complexity index is 981. The minimum absolute atomic E-state index is 0.245. The number of carbonyl (C=O) groups is 1. The Morgan fingerprint density at radius 3 is 2.89 bits per heavy atom. The summed E-state index contributed by atoms with van der Waals surface area (Å²) in [5.41, 5.74) is 3.66. The van der Waals surface area contributed by atoms with Crippen molar-refractivity contribution in [2.45, 2.75) is 38.1 Å². The van der Waals surface area contributed by atoms with Crippen molar-refractivity contribution in [1.82, 2.24) is 9.88 Å². The SMILES string of the molecule is C[C@H]1Cc2ccccc2N1CC(=O)N1CCC[C@@H](c2nc3ccccc3s2)C1. The molecule has 2 aliphatic rings. The third-order valence-corrected chi connectivity index (χ3v) is 7.29. The number of carbonyl (C=O) groups excluding carboxylic acids is 1. The van der Waals surface area contributed by atoms with Gasteiger partial charge in [-0.3, -0.25) is 4.79 Å². The van der Waals surface area contributed by atoms with E-state index < -0.39 is 0 Å². The van der Waals surface area contributed by atoms with E-state index in [0.29, 0.717) is 18.5 Å². The molecule has 144 valence electrons. The van der Waals surface area contributed by atoms with Crippen molar-refractivity contribution >= 4 is 33.1 Å². The molecule has 3 heterocycles. The van der Waals surface area contributed by atoms with E-state index in [4.69, 9.17) is 4.98 Å². The molecule has 0 aliphatic carbocycles. The van der Waals surface area contributed by atoms with E-state index >= 15 is 0 Å². The molecular formula is C23H25N3OS. The van der Waals surface area contributed by atoms with Crippen molar-refractivity contribution in [3.63, 3.8) is 0 Å². The summed E-state index contributed by atoms with van der Waals surface area (Å²) in [6.45, 7) is 4.35. The molecule has 1 saturated heterocycles. The van der Waals surface area contributed by atoms with Crippen LogP contribution < -0.4 is 4.90 Å². The van der Waals surface area contributed by atoms with E-state index in [2.05, 4.69) is 59.2 Å². The summed E-state index contributed by atoms with van der Waals surface area (Å²) in [6.07, 6.45) is 3.20. The summed E-state index contributed by atoms with van der Waals surface area (Å²) in [4.78, 5) is 22.3. The smallest absolute Gasteiger partial charge is 0.242 e. The average molecular weight is 392 g/mol. The molecule has 1 aromatic heterocycles. The van der Waals surface area contributed by atoms with E-state index in [1.54, 1.807) is 11.3 Å². The predicted octanol–water partition coefficient (Wildman–Crippen LogP) is 4.45. The number of fused-ring (bicyclic) bond motifs is 2. The Morgan fingerprint density at radius 1 is 1.18 bits per heavy atom. The maximum absolute atomic E-state index is 13.1. The zero-order chi connectivity index (χ0) is 19.1. The van der Waals surface area contributed by atoms with Crippen LogP contribution in [0, 0.1) is 0 Å². The van der Waals surface area contributed by atoms with Gasteiger partial charge in [0.15, 0.2) is 0 Å². The Balaban J connectivity index is 1.30. The molecule has 0 bridgehead atoms. The molecule has 1 fully saturated rings. The number of likely N-dealkylation sites (tertiary alicyclic amines) is 1. The van der Waals surface area contributed by atoms with E-state index in [1.807, 2.05) is 6.07 Å². The number of para-hydroxylation sites is 2. The van der Waals surface area contributed by atoms with Crippen LogP contribution in [0.2, 0.25) is 0 Å². The number of amides is 1. The fraction of sp³-hybridized carbons (Fsp3) is 0.391. The van der Waals surface area contributed by atoms with E-state index in [0.717, 1.165) is 37.9 Å². The van der Waals surface area contributed by atoms with Crippen molar-refractivity contribution in [2.24, 2.45) is 0 Å². The number of rotatable bonds is 3. The first-order valence-corrected chi connectivity index (χ1v) is 11.0. The van der Waals surface area contributed by atoms with Gasteiger partial charge < -0.3 is 9.80 Å². The standard InChI is InChI=1S/C23H25N3OS/c1-16-13-17-7-2-4-10-20(17)26(16)15-22(27)25-12-6-8-18(14-25)23-24-19-9-3-5-11-21(19)28-23/h2-5,7,9-11,16,18H,6,8,12-15H2,1H3/t16-,18+/m0/s1. The number of hydrogen-bond acceptors (Lipinski definition) is 4. The Labute approximate surface area is 169 Å². The summed E-state index contributed by atoms with van der Waals surface area (Å²) in [5.74, 6) is 0.604. The van der Waals surface area contributed by atoms with Crippen LogP contribution in [-0.2, 0) is 11.2 Å². The number of benzene rings is 2. The molecule has 0 radical (unpaired) electrons. The molecule has 1 amide bonds. The van der Waals surface area contributed by atoms with Crippen LogP contribution in [-0.4, -0.2) is 41.5 Å². The maximum atomic E-state index is 13.1. The normalized spacial score (nSPS) is 21.9. The molecule has 0 N–H and O–H groups in total. The molecule has 5 rings (SSSR count). The van der Waals surface area contributed by atoms with Crippen LogP contribution >= 0.6 is 11.3 Å². The van der Waals surface area contributed by atoms with Crippen LogP contribution in [0.25, 0.3) is 10.2 Å². The summed E-state index contributed by atoms with van der Waals surface area (Å²) in [7, 11) is 0. The third kappa shape index (κ3) is 3.18. The fourth-order valence-electron chi connectivity index (χ4n) is 4.59. The molecular weight excluding hydrogens is 366 g/mol. The van der Waals surface area contributed by atoms with Crippen molar-refractivity contribution < 1.29 is 4.79 Å². The summed E-state index contributed by atoms with van der Waals surface area (Å²) in [5, 5.41) is 1.18. The lowest BCUT2D eigenvalue weighted by Crippen LogP contribution is -2.46. The fourth-order valence-corrected chi connectivity index (χ4v) is 5.68. The zero-order valence-corrected chi connectivity index (χ0v) is 17.0. The van der Waals surface area contributed by atoms with Gasteiger partial charge in [-0.05, 0) is 49.9 Å². The van der Waals surface area contributed by atoms with Gasteiger partial charge in [-0.15, -0.1) is 11.3 Å². The number of anilines is 1. The first-order valence-electron chi connectivity index (χ1n) is 10.2.